The molecular formula is C23H19FN2O4S2. The highest BCUT2D eigenvalue weighted by Gasteiger charge is 2.46. The first-order valence-corrected chi connectivity index (χ1v) is 12.9. The Morgan fingerprint density at radius 2 is 1.72 bits per heavy atom. The first kappa shape index (κ1) is 20.7. The molecule has 0 bridgehead atoms. The summed E-state index contributed by atoms with van der Waals surface area (Å²) < 4.78 is 68.3. The van der Waals surface area contributed by atoms with Crippen LogP contribution in [0.2, 0.25) is 0 Å². The van der Waals surface area contributed by atoms with Gasteiger partial charge in [0.25, 0.3) is 20.0 Å². The molecule has 1 N–H and O–H groups in total. The number of hydrogen-bond donors (Lipinski definition) is 1. The summed E-state index contributed by atoms with van der Waals surface area (Å²) in [6, 6.07) is 18.9. The van der Waals surface area contributed by atoms with Crippen LogP contribution in [-0.2, 0) is 20.0 Å². The Hall–Kier alpha value is -3.17. The molecule has 1 atom stereocenters. The molecule has 0 saturated carbocycles. The predicted octanol–water partition coefficient (Wildman–Crippen LogP) is 4.29. The number of hydrogen-bond acceptors (Lipinski definition) is 4. The van der Waals surface area contributed by atoms with Crippen molar-refractivity contribution in [3.05, 3.63) is 95.3 Å². The van der Waals surface area contributed by atoms with E-state index in [0.29, 0.717) is 25.7 Å². The largest absolute Gasteiger partial charge is 0.339 e. The fourth-order valence-electron chi connectivity index (χ4n) is 4.21. The van der Waals surface area contributed by atoms with Gasteiger partial charge in [-0.1, -0.05) is 48.0 Å². The normalized spacial score (nSPS) is 17.9. The third-order valence-electron chi connectivity index (χ3n) is 5.67. The molecule has 32 heavy (non-hydrogen) atoms. The van der Waals surface area contributed by atoms with Gasteiger partial charge in [0.15, 0.2) is 0 Å². The number of rotatable bonds is 3. The highest BCUT2D eigenvalue weighted by molar-refractivity contribution is 8.10. The average molecular weight is 471 g/mol. The number of fused-ring (bicyclic) bond motifs is 3. The maximum Gasteiger partial charge on any atom is 0.278 e. The summed E-state index contributed by atoms with van der Waals surface area (Å²) in [4.78, 5) is 2.87. The number of benzene rings is 3. The van der Waals surface area contributed by atoms with Crippen LogP contribution in [0.5, 0.6) is 0 Å². The molecule has 0 radical (unpaired) electrons. The van der Waals surface area contributed by atoms with E-state index in [-0.39, 0.29) is 10.7 Å². The molecular weight excluding hydrogens is 451 g/mol. The number of nitrogens with zero attached hydrogens (tertiary/aromatic N) is 1. The zero-order chi connectivity index (χ0) is 22.7. The Balaban J connectivity index is 1.80. The first-order valence-electron chi connectivity index (χ1n) is 9.89. The monoisotopic (exact) mass is 470 g/mol. The van der Waals surface area contributed by atoms with E-state index in [1.807, 2.05) is 6.92 Å². The number of halogens is 1. The average Bonchev–Trinajstić information content (AvgIpc) is 3.11. The van der Waals surface area contributed by atoms with Gasteiger partial charge in [-0.05, 0) is 42.8 Å². The van der Waals surface area contributed by atoms with Crippen LogP contribution in [0.4, 0.5) is 10.2 Å². The zero-order valence-electron chi connectivity index (χ0n) is 17.0. The van der Waals surface area contributed by atoms with Crippen LogP contribution in [0.15, 0.2) is 77.7 Å². The van der Waals surface area contributed by atoms with Crippen molar-refractivity contribution in [2.75, 3.05) is 9.46 Å². The molecule has 0 spiro atoms. The lowest BCUT2D eigenvalue weighted by Gasteiger charge is -2.32. The number of para-hydroxylation sites is 1. The predicted molar refractivity (Wildman–Crippen MR) is 121 cm³/mol. The van der Waals surface area contributed by atoms with Crippen LogP contribution in [0.25, 0.3) is 10.9 Å². The molecule has 1 aromatic heterocycles. The Kier molecular flexibility index (Phi) is 4.65. The highest BCUT2D eigenvalue weighted by Crippen LogP contribution is 2.46. The van der Waals surface area contributed by atoms with E-state index in [2.05, 4.69) is 4.98 Å². The minimum Gasteiger partial charge on any atom is -0.339 e. The number of aryl methyl sites for hydroxylation is 1. The van der Waals surface area contributed by atoms with Crippen LogP contribution in [0.1, 0.15) is 22.6 Å². The number of aromatic nitrogens is 1. The maximum absolute atomic E-state index is 14.0. The molecule has 1 unspecified atom stereocenters. The third kappa shape index (κ3) is 3.20. The van der Waals surface area contributed by atoms with Gasteiger partial charge in [-0.3, -0.25) is 0 Å². The Labute approximate surface area is 185 Å². The van der Waals surface area contributed by atoms with Gasteiger partial charge in [0.1, 0.15) is 11.6 Å². The molecule has 1 aliphatic heterocycles. The molecule has 4 aromatic rings. The van der Waals surface area contributed by atoms with Crippen molar-refractivity contribution < 1.29 is 21.2 Å². The van der Waals surface area contributed by atoms with Crippen LogP contribution < -0.4 is 3.71 Å². The van der Waals surface area contributed by atoms with Crippen molar-refractivity contribution in [3.8, 4) is 0 Å². The minimum absolute atomic E-state index is 0.0349. The summed E-state index contributed by atoms with van der Waals surface area (Å²) in [5.74, 6) is -1.76. The van der Waals surface area contributed by atoms with Crippen molar-refractivity contribution in [1.82, 2.24) is 4.98 Å². The Morgan fingerprint density at radius 1 is 1.00 bits per heavy atom. The fraction of sp³-hybridized carbons (Fsp3) is 0.130. The second kappa shape index (κ2) is 7.18. The minimum atomic E-state index is -4.42. The van der Waals surface area contributed by atoms with Gasteiger partial charge < -0.3 is 4.98 Å². The molecule has 9 heteroatoms. The lowest BCUT2D eigenvalue weighted by molar-refractivity contribution is 0.578. The third-order valence-corrected chi connectivity index (χ3v) is 9.87. The second-order valence-corrected chi connectivity index (χ2v) is 11.7. The summed E-state index contributed by atoms with van der Waals surface area (Å²) in [6.07, 6.45) is 0. The topological polar surface area (TPSA) is 87.3 Å². The number of anilines is 1. The lowest BCUT2D eigenvalue weighted by atomic mass is 9.91. The summed E-state index contributed by atoms with van der Waals surface area (Å²) in [7, 11) is -8.74. The van der Waals surface area contributed by atoms with Gasteiger partial charge >= 0.3 is 0 Å². The first-order chi connectivity index (χ1) is 15.2. The van der Waals surface area contributed by atoms with E-state index in [1.54, 1.807) is 42.5 Å². The summed E-state index contributed by atoms with van der Waals surface area (Å²) in [6.45, 7) is 1.81. The molecule has 6 nitrogen and oxygen atoms in total. The number of H-pyrrole nitrogens is 1. The molecule has 1 aliphatic rings. The van der Waals surface area contributed by atoms with Gasteiger partial charge in [-0.2, -0.15) is 8.42 Å². The van der Waals surface area contributed by atoms with Gasteiger partial charge in [0.05, 0.1) is 10.6 Å². The van der Waals surface area contributed by atoms with Gasteiger partial charge in [0.2, 0.25) is 0 Å². The van der Waals surface area contributed by atoms with E-state index in [4.69, 9.17) is 0 Å². The van der Waals surface area contributed by atoms with E-state index < -0.39 is 37.5 Å². The van der Waals surface area contributed by atoms with Crippen molar-refractivity contribution >= 4 is 36.8 Å². The molecule has 5 rings (SSSR count). The molecule has 0 fully saturated rings. The van der Waals surface area contributed by atoms with E-state index in [0.717, 1.165) is 5.56 Å². The molecule has 3 aromatic carbocycles. The highest BCUT2D eigenvalue weighted by atomic mass is 32.3. The number of aromatic amines is 1. The Morgan fingerprint density at radius 3 is 2.44 bits per heavy atom. The van der Waals surface area contributed by atoms with Crippen LogP contribution in [0.3, 0.4) is 0 Å². The SMILES string of the molecule is Cc1ccc(S(=O)(=O)N2c3[nH]c4ccccc4c3C(c3cccc(F)c3)CS2(=O)=O)cc1. The van der Waals surface area contributed by atoms with Crippen LogP contribution in [-0.4, -0.2) is 27.6 Å². The van der Waals surface area contributed by atoms with Crippen LogP contribution >= 0.6 is 0 Å². The van der Waals surface area contributed by atoms with E-state index in [1.165, 1.54) is 30.3 Å². The number of sulfonamides is 2. The quantitative estimate of drug-likeness (QED) is 0.484. The molecule has 0 saturated heterocycles. The van der Waals surface area contributed by atoms with Gasteiger partial charge in [-0.25, -0.2) is 12.8 Å². The van der Waals surface area contributed by atoms with E-state index >= 15 is 0 Å². The zero-order valence-corrected chi connectivity index (χ0v) is 18.6. The van der Waals surface area contributed by atoms with Crippen molar-refractivity contribution in [1.29, 1.82) is 0 Å². The van der Waals surface area contributed by atoms with E-state index in [9.17, 15) is 21.2 Å². The molecule has 0 aliphatic carbocycles. The lowest BCUT2D eigenvalue weighted by Crippen LogP contribution is -2.43. The van der Waals surface area contributed by atoms with Crippen molar-refractivity contribution in [2.24, 2.45) is 0 Å². The number of nitrogens with one attached hydrogen (secondary N) is 1. The summed E-state index contributed by atoms with van der Waals surface area (Å²) >= 11 is 0. The Bertz CT molecular complexity index is 1560. The fourth-order valence-corrected chi connectivity index (χ4v) is 8.24. The maximum atomic E-state index is 14.0. The molecule has 164 valence electrons. The molecule has 2 heterocycles. The van der Waals surface area contributed by atoms with Crippen molar-refractivity contribution in [3.63, 3.8) is 0 Å². The molecule has 0 amide bonds. The summed E-state index contributed by atoms with van der Waals surface area (Å²) in [5.41, 5.74) is 2.42. The van der Waals surface area contributed by atoms with Gasteiger partial charge in [-0.15, -0.1) is 3.71 Å². The smallest absolute Gasteiger partial charge is 0.278 e. The van der Waals surface area contributed by atoms with Crippen LogP contribution in [0, 0.1) is 12.7 Å². The standard InChI is InChI=1S/C23H19FN2O4S2/c1-15-9-11-18(12-10-15)32(29,30)26-23-22(19-7-2-3-8-21(19)25-23)20(14-31(26,27)28)16-5-4-6-17(24)13-16/h2-13,20,25H,14H2,1H3. The van der Waals surface area contributed by atoms with Gasteiger partial charge in [0, 0.05) is 22.4 Å². The second-order valence-electron chi connectivity index (χ2n) is 7.83. The summed E-state index contributed by atoms with van der Waals surface area (Å²) in [5, 5.41) is 0.691. The van der Waals surface area contributed by atoms with Crippen molar-refractivity contribution in [2.45, 2.75) is 17.7 Å².